The molecular formula is C23H19F3N2O3S. The predicted octanol–water partition coefficient (Wildman–Crippen LogP) is 4.56. The first-order chi connectivity index (χ1) is 15.2. The molecule has 1 aliphatic heterocycles. The highest BCUT2D eigenvalue weighted by Gasteiger charge is 2.40. The maximum Gasteiger partial charge on any atom is 0.416 e. The number of hydrogen-bond donors (Lipinski definition) is 0. The number of carbonyl (C=O) groups excluding carboxylic acids is 1. The number of anilines is 1. The van der Waals surface area contributed by atoms with Crippen molar-refractivity contribution in [2.24, 2.45) is 0 Å². The summed E-state index contributed by atoms with van der Waals surface area (Å²) in [5, 5.41) is 1.38. The van der Waals surface area contributed by atoms with E-state index in [1.54, 1.807) is 23.1 Å². The zero-order chi connectivity index (χ0) is 22.7. The highest BCUT2D eigenvalue weighted by atomic mass is 32.2. The van der Waals surface area contributed by atoms with Crippen molar-refractivity contribution in [1.29, 1.82) is 0 Å². The quantitative estimate of drug-likeness (QED) is 0.561. The molecule has 1 saturated carbocycles. The van der Waals surface area contributed by atoms with Gasteiger partial charge in [0.15, 0.2) is 0 Å². The molecular weight excluding hydrogens is 441 g/mol. The number of rotatable bonds is 5. The normalized spacial score (nSPS) is 17.0. The standard InChI is InChI=1S/C23H19F3N2O3S/c24-23(25,26)17-9-7-15(8-10-17)13-27(18-11-12-18)21(29)14-28-19-5-1-3-16-4-2-6-20(22(16)19)32(28,30)31/h1-10,18H,11-14H2. The fourth-order valence-electron chi connectivity index (χ4n) is 4.15. The lowest BCUT2D eigenvalue weighted by Gasteiger charge is -2.26. The van der Waals surface area contributed by atoms with Crippen LogP contribution >= 0.6 is 0 Å². The van der Waals surface area contributed by atoms with Crippen molar-refractivity contribution in [2.75, 3.05) is 10.8 Å². The number of hydrogen-bond acceptors (Lipinski definition) is 3. The van der Waals surface area contributed by atoms with Crippen LogP contribution < -0.4 is 4.31 Å². The van der Waals surface area contributed by atoms with Gasteiger partial charge in [-0.3, -0.25) is 9.10 Å². The van der Waals surface area contributed by atoms with E-state index in [0.29, 0.717) is 16.6 Å². The van der Waals surface area contributed by atoms with Crippen LogP contribution in [0.1, 0.15) is 24.0 Å². The second kappa shape index (κ2) is 7.23. The summed E-state index contributed by atoms with van der Waals surface area (Å²) in [5.41, 5.74) is 0.282. The van der Waals surface area contributed by atoms with E-state index in [2.05, 4.69) is 0 Å². The van der Waals surface area contributed by atoms with Gasteiger partial charge >= 0.3 is 6.18 Å². The minimum atomic E-state index is -4.43. The number of carbonyl (C=O) groups is 1. The summed E-state index contributed by atoms with van der Waals surface area (Å²) in [4.78, 5) is 15.0. The third kappa shape index (κ3) is 3.50. The van der Waals surface area contributed by atoms with Gasteiger partial charge in [0.25, 0.3) is 10.0 Å². The Morgan fingerprint density at radius 3 is 2.28 bits per heavy atom. The van der Waals surface area contributed by atoms with Crippen molar-refractivity contribution in [3.63, 3.8) is 0 Å². The summed E-state index contributed by atoms with van der Waals surface area (Å²) in [6.45, 7) is -0.222. The predicted molar refractivity (Wildman–Crippen MR) is 113 cm³/mol. The Bertz CT molecular complexity index is 1310. The summed E-state index contributed by atoms with van der Waals surface area (Å²) < 4.78 is 65.9. The summed E-state index contributed by atoms with van der Waals surface area (Å²) in [6.07, 6.45) is -2.85. The highest BCUT2D eigenvalue weighted by molar-refractivity contribution is 7.93. The molecule has 0 saturated heterocycles. The minimum absolute atomic E-state index is 0.0340. The summed E-state index contributed by atoms with van der Waals surface area (Å²) in [7, 11) is -3.87. The summed E-state index contributed by atoms with van der Waals surface area (Å²) >= 11 is 0. The Labute approximate surface area is 183 Å². The summed E-state index contributed by atoms with van der Waals surface area (Å²) in [6, 6.07) is 14.9. The van der Waals surface area contributed by atoms with Crippen LogP contribution in [0.3, 0.4) is 0 Å². The fourth-order valence-corrected chi connectivity index (χ4v) is 5.80. The molecule has 0 atom stereocenters. The third-order valence-corrected chi connectivity index (χ3v) is 7.70. The van der Waals surface area contributed by atoms with E-state index in [1.807, 2.05) is 12.1 Å². The lowest BCUT2D eigenvalue weighted by atomic mass is 10.1. The molecule has 0 bridgehead atoms. The molecule has 0 spiro atoms. The van der Waals surface area contributed by atoms with Crippen molar-refractivity contribution in [2.45, 2.75) is 36.5 Å². The highest BCUT2D eigenvalue weighted by Crippen LogP contribution is 2.42. The molecule has 1 aliphatic carbocycles. The van der Waals surface area contributed by atoms with E-state index in [1.165, 1.54) is 18.2 Å². The van der Waals surface area contributed by atoms with Crippen LogP contribution in [0.15, 0.2) is 65.6 Å². The van der Waals surface area contributed by atoms with Crippen LogP contribution in [0, 0.1) is 0 Å². The molecule has 2 aliphatic rings. The fraction of sp³-hybridized carbons (Fsp3) is 0.261. The molecule has 0 aromatic heterocycles. The smallest absolute Gasteiger partial charge is 0.334 e. The molecule has 3 aromatic carbocycles. The SMILES string of the molecule is O=C(CN1c2cccc3cccc(c23)S1(=O)=O)N(Cc1ccc(C(F)(F)F)cc1)C1CC1. The van der Waals surface area contributed by atoms with Crippen molar-refractivity contribution in [3.05, 3.63) is 71.8 Å². The van der Waals surface area contributed by atoms with Gasteiger partial charge in [0, 0.05) is 18.0 Å². The lowest BCUT2D eigenvalue weighted by molar-refractivity contribution is -0.137. The molecule has 0 N–H and O–H groups in total. The Hall–Kier alpha value is -3.07. The monoisotopic (exact) mass is 460 g/mol. The topological polar surface area (TPSA) is 57.7 Å². The number of alkyl halides is 3. The molecule has 5 nitrogen and oxygen atoms in total. The Morgan fingerprint density at radius 2 is 1.66 bits per heavy atom. The number of nitrogens with zero attached hydrogens (tertiary/aromatic N) is 2. The van der Waals surface area contributed by atoms with Gasteiger partial charge in [-0.1, -0.05) is 36.4 Å². The van der Waals surface area contributed by atoms with Crippen LogP contribution in [-0.4, -0.2) is 31.8 Å². The van der Waals surface area contributed by atoms with Crippen LogP contribution in [-0.2, 0) is 27.5 Å². The van der Waals surface area contributed by atoms with Crippen molar-refractivity contribution in [1.82, 2.24) is 4.90 Å². The van der Waals surface area contributed by atoms with Gasteiger partial charge < -0.3 is 4.90 Å². The zero-order valence-corrected chi connectivity index (χ0v) is 17.7. The first-order valence-corrected chi connectivity index (χ1v) is 11.6. The van der Waals surface area contributed by atoms with Crippen LogP contribution in [0.5, 0.6) is 0 Å². The molecule has 1 amide bonds. The molecule has 0 unspecified atom stereocenters. The maximum absolute atomic E-state index is 13.2. The maximum atomic E-state index is 13.2. The Kier molecular flexibility index (Phi) is 4.70. The first kappa shape index (κ1) is 20.8. The molecule has 9 heteroatoms. The molecule has 5 rings (SSSR count). The van der Waals surface area contributed by atoms with Gasteiger partial charge in [0.1, 0.15) is 6.54 Å². The van der Waals surface area contributed by atoms with Gasteiger partial charge in [0.05, 0.1) is 16.1 Å². The van der Waals surface area contributed by atoms with E-state index >= 15 is 0 Å². The number of benzene rings is 3. The number of sulfonamides is 1. The van der Waals surface area contributed by atoms with Gasteiger partial charge in [-0.15, -0.1) is 0 Å². The Balaban J connectivity index is 1.40. The molecule has 32 heavy (non-hydrogen) atoms. The first-order valence-electron chi connectivity index (χ1n) is 10.2. The minimum Gasteiger partial charge on any atom is -0.334 e. The third-order valence-electron chi connectivity index (χ3n) is 5.90. The van der Waals surface area contributed by atoms with Gasteiger partial charge in [-0.05, 0) is 48.1 Å². The van der Waals surface area contributed by atoms with E-state index in [4.69, 9.17) is 0 Å². The van der Waals surface area contributed by atoms with Crippen molar-refractivity contribution < 1.29 is 26.4 Å². The number of halogens is 3. The second-order valence-corrected chi connectivity index (χ2v) is 9.92. The van der Waals surface area contributed by atoms with Crippen LogP contribution in [0.2, 0.25) is 0 Å². The summed E-state index contributed by atoms with van der Waals surface area (Å²) in [5.74, 6) is -0.374. The van der Waals surface area contributed by atoms with Crippen LogP contribution in [0.25, 0.3) is 10.8 Å². The molecule has 0 radical (unpaired) electrons. The zero-order valence-electron chi connectivity index (χ0n) is 16.8. The van der Waals surface area contributed by atoms with Crippen molar-refractivity contribution in [3.8, 4) is 0 Å². The average Bonchev–Trinajstić information content (AvgIpc) is 3.56. The molecule has 166 valence electrons. The number of amides is 1. The molecule has 3 aromatic rings. The van der Waals surface area contributed by atoms with E-state index < -0.39 is 21.8 Å². The van der Waals surface area contributed by atoms with E-state index in [9.17, 15) is 26.4 Å². The van der Waals surface area contributed by atoms with E-state index in [0.717, 1.165) is 34.7 Å². The largest absolute Gasteiger partial charge is 0.416 e. The van der Waals surface area contributed by atoms with Crippen molar-refractivity contribution >= 4 is 32.4 Å². The molecule has 1 fully saturated rings. The molecule has 1 heterocycles. The van der Waals surface area contributed by atoms with Gasteiger partial charge in [-0.2, -0.15) is 13.2 Å². The van der Waals surface area contributed by atoms with E-state index in [-0.39, 0.29) is 29.9 Å². The average molecular weight is 460 g/mol. The van der Waals surface area contributed by atoms with Gasteiger partial charge in [0.2, 0.25) is 5.91 Å². The van der Waals surface area contributed by atoms with Crippen LogP contribution in [0.4, 0.5) is 18.9 Å². The van der Waals surface area contributed by atoms with Gasteiger partial charge in [-0.25, -0.2) is 8.42 Å². The second-order valence-electron chi connectivity index (χ2n) is 8.09. The lowest BCUT2D eigenvalue weighted by Crippen LogP contribution is -2.42. The Morgan fingerprint density at radius 1 is 1.00 bits per heavy atom.